The van der Waals surface area contributed by atoms with Crippen LogP contribution in [0.3, 0.4) is 0 Å². The normalized spacial score (nSPS) is 24.4. The number of ether oxygens (including phenoxy) is 1. The van der Waals surface area contributed by atoms with Gasteiger partial charge in [-0.1, -0.05) is 11.6 Å². The van der Waals surface area contributed by atoms with Crippen molar-refractivity contribution in [3.8, 4) is 5.88 Å². The van der Waals surface area contributed by atoms with Crippen molar-refractivity contribution in [2.75, 3.05) is 25.1 Å². The molecule has 0 aromatic carbocycles. The second-order valence-corrected chi connectivity index (χ2v) is 5.67. The molecule has 0 unspecified atom stereocenters. The maximum atomic E-state index is 11.2. The third kappa shape index (κ3) is 1.95. The molecule has 2 aliphatic rings. The fraction of sp³-hybridized carbons (Fsp3) is 0.538. The van der Waals surface area contributed by atoms with Gasteiger partial charge >= 0.3 is 6.09 Å². The number of piperazine rings is 1. The molecular formula is C13H16ClN3O3. The standard InChI is InChI=1S/C13H16ClN3O3/c1-7-5-16(13(18)19)6-9-3-8-4-10(14)12(20-2)15-11(8)17(7)9/h4,7,9H,3,5-6H2,1-2H3,(H,18,19)/t7-,9-/m1/s1. The molecule has 1 fully saturated rings. The molecular weight excluding hydrogens is 282 g/mol. The molecule has 0 bridgehead atoms. The van der Waals surface area contributed by atoms with Gasteiger partial charge in [-0.25, -0.2) is 4.79 Å². The van der Waals surface area contributed by atoms with E-state index >= 15 is 0 Å². The van der Waals surface area contributed by atoms with Crippen molar-refractivity contribution in [1.82, 2.24) is 9.88 Å². The second-order valence-electron chi connectivity index (χ2n) is 5.26. The van der Waals surface area contributed by atoms with Gasteiger partial charge in [-0.05, 0) is 25.0 Å². The Hall–Kier alpha value is -1.69. The number of nitrogens with zero attached hydrogens (tertiary/aromatic N) is 3. The van der Waals surface area contributed by atoms with E-state index in [1.54, 1.807) is 7.11 Å². The fourth-order valence-corrected chi connectivity index (χ4v) is 3.41. The number of anilines is 1. The Morgan fingerprint density at radius 3 is 2.95 bits per heavy atom. The number of carbonyl (C=O) groups is 1. The highest BCUT2D eigenvalue weighted by Gasteiger charge is 2.41. The lowest BCUT2D eigenvalue weighted by Gasteiger charge is -2.42. The molecule has 108 valence electrons. The molecule has 1 saturated heterocycles. The van der Waals surface area contributed by atoms with Crippen LogP contribution in [0.5, 0.6) is 5.88 Å². The predicted octanol–water partition coefficient (Wildman–Crippen LogP) is 1.86. The number of pyridine rings is 1. The summed E-state index contributed by atoms with van der Waals surface area (Å²) >= 11 is 6.11. The number of halogens is 1. The van der Waals surface area contributed by atoms with Crippen molar-refractivity contribution < 1.29 is 14.6 Å². The molecule has 0 aliphatic carbocycles. The summed E-state index contributed by atoms with van der Waals surface area (Å²) < 4.78 is 5.17. The van der Waals surface area contributed by atoms with Crippen molar-refractivity contribution in [2.45, 2.75) is 25.4 Å². The summed E-state index contributed by atoms with van der Waals surface area (Å²) in [6, 6.07) is 2.09. The van der Waals surface area contributed by atoms with Crippen molar-refractivity contribution >= 4 is 23.5 Å². The molecule has 1 amide bonds. The van der Waals surface area contributed by atoms with Gasteiger partial charge in [0.05, 0.1) is 13.2 Å². The zero-order valence-corrected chi connectivity index (χ0v) is 12.1. The van der Waals surface area contributed by atoms with Crippen molar-refractivity contribution in [2.24, 2.45) is 0 Å². The largest absolute Gasteiger partial charge is 0.480 e. The first kappa shape index (κ1) is 13.3. The Kier molecular flexibility index (Phi) is 3.12. The van der Waals surface area contributed by atoms with Crippen LogP contribution in [0.15, 0.2) is 6.07 Å². The van der Waals surface area contributed by atoms with Gasteiger partial charge in [0.25, 0.3) is 0 Å². The van der Waals surface area contributed by atoms with Gasteiger partial charge in [0.15, 0.2) is 0 Å². The number of rotatable bonds is 1. The van der Waals surface area contributed by atoms with Crippen LogP contribution in [0, 0.1) is 0 Å². The predicted molar refractivity (Wildman–Crippen MR) is 74.8 cm³/mol. The van der Waals surface area contributed by atoms with E-state index in [9.17, 15) is 4.79 Å². The van der Waals surface area contributed by atoms with Crippen molar-refractivity contribution in [1.29, 1.82) is 0 Å². The number of methoxy groups -OCH3 is 1. The number of aromatic nitrogens is 1. The van der Waals surface area contributed by atoms with Gasteiger partial charge in [-0.15, -0.1) is 0 Å². The summed E-state index contributed by atoms with van der Waals surface area (Å²) in [4.78, 5) is 19.3. The van der Waals surface area contributed by atoms with E-state index < -0.39 is 6.09 Å². The summed E-state index contributed by atoms with van der Waals surface area (Å²) in [6.45, 7) is 2.99. The van der Waals surface area contributed by atoms with Crippen LogP contribution in [0.2, 0.25) is 5.02 Å². The Bertz CT molecular complexity index is 566. The average molecular weight is 298 g/mol. The van der Waals surface area contributed by atoms with E-state index in [2.05, 4.69) is 9.88 Å². The van der Waals surface area contributed by atoms with Gasteiger partial charge in [0, 0.05) is 19.1 Å². The van der Waals surface area contributed by atoms with Crippen molar-refractivity contribution in [3.63, 3.8) is 0 Å². The molecule has 6 nitrogen and oxygen atoms in total. The minimum absolute atomic E-state index is 0.0875. The molecule has 20 heavy (non-hydrogen) atoms. The lowest BCUT2D eigenvalue weighted by molar-refractivity contribution is 0.128. The van der Waals surface area contributed by atoms with Crippen molar-refractivity contribution in [3.05, 3.63) is 16.7 Å². The number of amides is 1. The summed E-state index contributed by atoms with van der Waals surface area (Å²) in [5.74, 6) is 1.28. The minimum Gasteiger partial charge on any atom is -0.480 e. The monoisotopic (exact) mass is 297 g/mol. The van der Waals surface area contributed by atoms with Gasteiger partial charge in [0.1, 0.15) is 10.8 Å². The van der Waals surface area contributed by atoms with Crippen LogP contribution in [0.1, 0.15) is 12.5 Å². The number of fused-ring (bicyclic) bond motifs is 3. The highest BCUT2D eigenvalue weighted by Crippen LogP contribution is 2.39. The Morgan fingerprint density at radius 1 is 1.55 bits per heavy atom. The maximum Gasteiger partial charge on any atom is 0.407 e. The summed E-state index contributed by atoms with van der Waals surface area (Å²) in [5, 5.41) is 9.66. The van der Waals surface area contributed by atoms with Gasteiger partial charge in [-0.2, -0.15) is 4.98 Å². The van der Waals surface area contributed by atoms with E-state index in [0.29, 0.717) is 24.0 Å². The third-order valence-electron chi connectivity index (χ3n) is 3.95. The van der Waals surface area contributed by atoms with Crippen LogP contribution < -0.4 is 9.64 Å². The van der Waals surface area contributed by atoms with Crippen LogP contribution in [-0.2, 0) is 6.42 Å². The topological polar surface area (TPSA) is 65.9 Å². The molecule has 3 heterocycles. The van der Waals surface area contributed by atoms with Gasteiger partial charge in [0.2, 0.25) is 5.88 Å². The van der Waals surface area contributed by atoms with Gasteiger partial charge in [-0.3, -0.25) is 0 Å². The summed E-state index contributed by atoms with van der Waals surface area (Å²) in [7, 11) is 1.54. The van der Waals surface area contributed by atoms with E-state index in [-0.39, 0.29) is 12.1 Å². The summed E-state index contributed by atoms with van der Waals surface area (Å²) in [6.07, 6.45) is -0.101. The number of carboxylic acid groups (broad SMARTS) is 1. The molecule has 1 aromatic rings. The first-order valence-corrected chi connectivity index (χ1v) is 6.88. The molecule has 2 atom stereocenters. The highest BCUT2D eigenvalue weighted by atomic mass is 35.5. The van der Waals surface area contributed by atoms with E-state index in [0.717, 1.165) is 17.8 Å². The molecule has 3 rings (SSSR count). The zero-order valence-electron chi connectivity index (χ0n) is 11.3. The molecule has 2 aliphatic heterocycles. The van der Waals surface area contributed by atoms with Crippen LogP contribution in [0.25, 0.3) is 0 Å². The lowest BCUT2D eigenvalue weighted by atomic mass is 10.1. The maximum absolute atomic E-state index is 11.2. The molecule has 1 N–H and O–H groups in total. The number of hydrogen-bond donors (Lipinski definition) is 1. The minimum atomic E-state index is -0.865. The summed E-state index contributed by atoms with van der Waals surface area (Å²) in [5.41, 5.74) is 1.06. The highest BCUT2D eigenvalue weighted by molar-refractivity contribution is 6.32. The molecule has 0 saturated carbocycles. The quantitative estimate of drug-likeness (QED) is 0.857. The average Bonchev–Trinajstić information content (AvgIpc) is 2.74. The number of hydrogen-bond acceptors (Lipinski definition) is 4. The first-order valence-electron chi connectivity index (χ1n) is 6.51. The lowest BCUT2D eigenvalue weighted by Crippen LogP contribution is -2.57. The Morgan fingerprint density at radius 2 is 2.30 bits per heavy atom. The molecule has 0 spiro atoms. The van der Waals surface area contributed by atoms with Gasteiger partial charge < -0.3 is 19.6 Å². The van der Waals surface area contributed by atoms with Crippen LogP contribution in [-0.4, -0.2) is 53.4 Å². The van der Waals surface area contributed by atoms with E-state index in [1.165, 1.54) is 4.90 Å². The third-order valence-corrected chi connectivity index (χ3v) is 4.22. The van der Waals surface area contributed by atoms with E-state index in [1.807, 2.05) is 13.0 Å². The Labute approximate surface area is 121 Å². The SMILES string of the molecule is COc1nc2c(cc1Cl)C[C@@H]1CN(C(=O)O)C[C@@H](C)N21. The fourth-order valence-electron chi connectivity index (χ4n) is 3.16. The zero-order chi connectivity index (χ0) is 14.4. The van der Waals surface area contributed by atoms with Crippen LogP contribution >= 0.6 is 11.6 Å². The van der Waals surface area contributed by atoms with Crippen LogP contribution in [0.4, 0.5) is 10.6 Å². The second kappa shape index (κ2) is 4.70. The molecule has 0 radical (unpaired) electrons. The van der Waals surface area contributed by atoms with E-state index in [4.69, 9.17) is 21.4 Å². The molecule has 1 aromatic heterocycles. The molecule has 7 heteroatoms. The first-order chi connectivity index (χ1) is 9.51. The smallest absolute Gasteiger partial charge is 0.407 e. The Balaban J connectivity index is 1.96.